The first-order valence-corrected chi connectivity index (χ1v) is 13.3. The van der Waals surface area contributed by atoms with Crippen molar-refractivity contribution in [1.29, 1.82) is 0 Å². The third kappa shape index (κ3) is 3.30. The average molecular weight is 483 g/mol. The number of benzene rings is 1. The van der Waals surface area contributed by atoms with Crippen LogP contribution in [0.4, 0.5) is 17.6 Å². The monoisotopic (exact) mass is 482 g/mol. The second-order valence-corrected chi connectivity index (χ2v) is 13.1. The molecule has 4 nitrogen and oxygen atoms in total. The van der Waals surface area contributed by atoms with E-state index < -0.39 is 43.5 Å². The number of phenols is 1. The third-order valence-electron chi connectivity index (χ3n) is 7.67. The fourth-order valence-electron chi connectivity index (χ4n) is 6.32. The Bertz CT molecular complexity index is 974. The highest BCUT2D eigenvalue weighted by Gasteiger charge is 2.75. The zero-order valence-corrected chi connectivity index (χ0v) is 19.0. The summed E-state index contributed by atoms with van der Waals surface area (Å²) in [6.45, 7) is 3.52. The van der Waals surface area contributed by atoms with Gasteiger partial charge in [-0.15, -0.1) is 0 Å². The first kappa shape index (κ1) is 23.2. The molecule has 1 saturated heterocycles. The molecule has 1 heterocycles. The zero-order chi connectivity index (χ0) is 23.0. The Kier molecular flexibility index (Phi) is 5.42. The van der Waals surface area contributed by atoms with Crippen LogP contribution in [0.15, 0.2) is 17.0 Å². The maximum atomic E-state index is 15.1. The van der Waals surface area contributed by atoms with Crippen LogP contribution in [0.2, 0.25) is 0 Å². The molecule has 0 aromatic heterocycles. The van der Waals surface area contributed by atoms with Crippen molar-refractivity contribution >= 4 is 21.0 Å². The lowest BCUT2D eigenvalue weighted by molar-refractivity contribution is -0.216. The van der Waals surface area contributed by atoms with Gasteiger partial charge in [0, 0.05) is 28.6 Å². The minimum absolute atomic E-state index is 0.157. The highest BCUT2D eigenvalue weighted by atomic mass is 32.2. The number of fused-ring (bicyclic) bond motifs is 2. The van der Waals surface area contributed by atoms with Crippen molar-refractivity contribution in [3.05, 3.63) is 23.3 Å². The molecule has 1 aromatic carbocycles. The molecule has 5 unspecified atom stereocenters. The van der Waals surface area contributed by atoms with E-state index in [0.29, 0.717) is 36.8 Å². The highest BCUT2D eigenvalue weighted by Crippen LogP contribution is 2.68. The number of alkyl halides is 4. The van der Waals surface area contributed by atoms with Crippen molar-refractivity contribution in [3.8, 4) is 5.75 Å². The van der Waals surface area contributed by atoms with Crippen molar-refractivity contribution in [2.75, 3.05) is 5.75 Å². The number of aryl methyl sites for hydroxylation is 2. The second kappa shape index (κ2) is 7.25. The lowest BCUT2D eigenvalue weighted by Crippen LogP contribution is -2.57. The lowest BCUT2D eigenvalue weighted by Gasteiger charge is -2.44. The van der Waals surface area contributed by atoms with Crippen LogP contribution in [0.25, 0.3) is 0 Å². The van der Waals surface area contributed by atoms with E-state index in [1.54, 1.807) is 13.8 Å². The Hall–Kier alpha value is -1.00. The van der Waals surface area contributed by atoms with Crippen molar-refractivity contribution in [2.24, 2.45) is 17.3 Å². The van der Waals surface area contributed by atoms with Gasteiger partial charge in [-0.3, -0.25) is 0 Å². The largest absolute Gasteiger partial charge is 0.743 e. The standard InChI is InChI=1S/C21H26F4O4S2/c1-12-8-15(9-13(2)18(12)26)30-7-3-4-17(30)19-6-5-14(11-19)10-16(19)20(22,23)21(24,25)31(27,28)29/h8-9,14,16-17H,3-7,10-11H2,1-2H3,(H-,26,27,28,29). The molecule has 10 heteroatoms. The highest BCUT2D eigenvalue weighted by molar-refractivity contribution is 7.97. The number of aromatic hydroxyl groups is 1. The summed E-state index contributed by atoms with van der Waals surface area (Å²) in [7, 11) is -6.99. The Balaban J connectivity index is 1.76. The predicted molar refractivity (Wildman–Crippen MR) is 109 cm³/mol. The molecular weight excluding hydrogens is 456 g/mol. The number of hydrogen-bond acceptors (Lipinski definition) is 4. The van der Waals surface area contributed by atoms with Crippen LogP contribution in [0.1, 0.15) is 49.7 Å². The Morgan fingerprint density at radius 2 is 1.77 bits per heavy atom. The van der Waals surface area contributed by atoms with E-state index in [9.17, 15) is 26.9 Å². The predicted octanol–water partition coefficient (Wildman–Crippen LogP) is 4.73. The first-order valence-electron chi connectivity index (χ1n) is 10.4. The summed E-state index contributed by atoms with van der Waals surface area (Å²) in [5, 5.41) is 4.20. The fraction of sp³-hybridized carbons (Fsp3) is 0.714. The number of phenolic OH excluding ortho intramolecular Hbond substituents is 1. The van der Waals surface area contributed by atoms with Crippen LogP contribution in [-0.4, -0.2) is 40.3 Å². The number of rotatable bonds is 5. The van der Waals surface area contributed by atoms with Gasteiger partial charge in [0.05, 0.1) is 0 Å². The Morgan fingerprint density at radius 3 is 2.32 bits per heavy atom. The lowest BCUT2D eigenvalue weighted by atomic mass is 9.68. The summed E-state index contributed by atoms with van der Waals surface area (Å²) in [5.74, 6) is -5.99. The summed E-state index contributed by atoms with van der Waals surface area (Å²) < 4.78 is 91.9. The molecule has 4 rings (SSSR count). The van der Waals surface area contributed by atoms with Crippen molar-refractivity contribution < 1.29 is 35.6 Å². The minimum Gasteiger partial charge on any atom is -0.743 e. The number of hydrogen-bond donors (Lipinski definition) is 1. The third-order valence-corrected chi connectivity index (χ3v) is 11.5. The van der Waals surface area contributed by atoms with Gasteiger partial charge in [0.15, 0.2) is 15.0 Å². The Labute approximate surface area is 182 Å². The van der Waals surface area contributed by atoms with Crippen LogP contribution in [-0.2, 0) is 21.0 Å². The van der Waals surface area contributed by atoms with Gasteiger partial charge in [-0.2, -0.15) is 17.6 Å². The van der Waals surface area contributed by atoms with E-state index in [1.165, 1.54) is 0 Å². The second-order valence-electron chi connectivity index (χ2n) is 9.39. The van der Waals surface area contributed by atoms with E-state index in [0.717, 1.165) is 17.1 Å². The maximum absolute atomic E-state index is 15.1. The number of halogens is 4. The summed E-state index contributed by atoms with van der Waals surface area (Å²) >= 11 is 0. The molecule has 2 saturated carbocycles. The first-order chi connectivity index (χ1) is 14.2. The molecule has 0 radical (unpaired) electrons. The summed E-state index contributed by atoms with van der Waals surface area (Å²) in [4.78, 5) is 0.922. The van der Waals surface area contributed by atoms with Gasteiger partial charge in [-0.1, -0.05) is 0 Å². The normalized spacial score (nSPS) is 33.9. The van der Waals surface area contributed by atoms with E-state index >= 15 is 8.78 Å². The van der Waals surface area contributed by atoms with Crippen LogP contribution >= 0.6 is 0 Å². The summed E-state index contributed by atoms with van der Waals surface area (Å²) in [5.41, 5.74) is 0.237. The van der Waals surface area contributed by atoms with Gasteiger partial charge < -0.3 is 9.66 Å². The van der Waals surface area contributed by atoms with E-state index in [2.05, 4.69) is 0 Å². The van der Waals surface area contributed by atoms with Crippen molar-refractivity contribution in [3.63, 3.8) is 0 Å². The van der Waals surface area contributed by atoms with E-state index in [4.69, 9.17) is 0 Å². The van der Waals surface area contributed by atoms with E-state index in [-0.39, 0.29) is 23.3 Å². The minimum atomic E-state index is -6.51. The van der Waals surface area contributed by atoms with Gasteiger partial charge in [0.25, 0.3) is 0 Å². The van der Waals surface area contributed by atoms with Gasteiger partial charge >= 0.3 is 11.2 Å². The fourth-order valence-corrected chi connectivity index (χ4v) is 10.2. The average Bonchev–Trinajstić information content (AvgIpc) is 3.38. The van der Waals surface area contributed by atoms with Gasteiger partial charge in [-0.05, 0) is 75.1 Å². The SMILES string of the molecule is Cc1cc([S+]2CCCC2C23CCC(CC2C(F)(F)C(F)(F)S(=O)(=O)[O-])C3)cc(C)c1O. The molecule has 1 aromatic rings. The Morgan fingerprint density at radius 1 is 1.16 bits per heavy atom. The quantitative estimate of drug-likeness (QED) is 0.374. The molecule has 5 atom stereocenters. The molecule has 0 amide bonds. The van der Waals surface area contributed by atoms with Crippen molar-refractivity contribution in [2.45, 2.75) is 73.7 Å². The van der Waals surface area contributed by atoms with Crippen LogP contribution in [0.3, 0.4) is 0 Å². The molecular formula is C21H26F4O4S2. The molecule has 1 aliphatic heterocycles. The topological polar surface area (TPSA) is 77.4 Å². The summed E-state index contributed by atoms with van der Waals surface area (Å²) in [6, 6.07) is 3.68. The zero-order valence-electron chi connectivity index (χ0n) is 17.3. The smallest absolute Gasteiger partial charge is 0.396 e. The summed E-state index contributed by atoms with van der Waals surface area (Å²) in [6.07, 6.45) is 2.57. The molecule has 174 valence electrons. The molecule has 2 aliphatic carbocycles. The molecule has 3 aliphatic rings. The van der Waals surface area contributed by atoms with Gasteiger partial charge in [0.1, 0.15) is 16.8 Å². The van der Waals surface area contributed by atoms with Crippen molar-refractivity contribution in [1.82, 2.24) is 0 Å². The van der Waals surface area contributed by atoms with E-state index in [1.807, 2.05) is 12.1 Å². The molecule has 0 spiro atoms. The van der Waals surface area contributed by atoms with Crippen LogP contribution in [0, 0.1) is 31.1 Å². The maximum Gasteiger partial charge on any atom is 0.396 e. The molecule has 1 N–H and O–H groups in total. The van der Waals surface area contributed by atoms with Gasteiger partial charge in [-0.25, -0.2) is 8.42 Å². The molecule has 2 bridgehead atoms. The van der Waals surface area contributed by atoms with Crippen LogP contribution in [0.5, 0.6) is 5.75 Å². The molecule has 31 heavy (non-hydrogen) atoms. The van der Waals surface area contributed by atoms with Crippen LogP contribution < -0.4 is 0 Å². The van der Waals surface area contributed by atoms with Gasteiger partial charge in [0.2, 0.25) is 0 Å². The molecule has 3 fully saturated rings.